The van der Waals surface area contributed by atoms with Crippen LogP contribution in [0.4, 0.5) is 5.82 Å². The Kier molecular flexibility index (Phi) is 4.62. The minimum Gasteiger partial charge on any atom is -0.309 e. The molecule has 0 saturated carbocycles. The first-order chi connectivity index (χ1) is 7.29. The standard InChI is InChI=1S/C9H10N2OS.C2H6.H2/c1-2-6-3-4-7-9(10-6)11-8(12)5-13-7;1-2;/h3-4H,2,5H2,1H3,(H,10,11,12);1-2H3;1H. The summed E-state index contributed by atoms with van der Waals surface area (Å²) in [6.45, 7) is 6.05. The number of fused-ring (bicyclic) bond motifs is 1. The van der Waals surface area contributed by atoms with E-state index in [2.05, 4.69) is 10.3 Å². The van der Waals surface area contributed by atoms with Crippen LogP contribution >= 0.6 is 11.8 Å². The van der Waals surface area contributed by atoms with Crippen LogP contribution in [0, 0.1) is 0 Å². The Morgan fingerprint density at radius 3 is 2.93 bits per heavy atom. The molecule has 0 aromatic carbocycles. The summed E-state index contributed by atoms with van der Waals surface area (Å²) in [6.07, 6.45) is 0.897. The number of thioether (sulfide) groups is 1. The maximum atomic E-state index is 11.1. The normalized spacial score (nSPS) is 13.4. The summed E-state index contributed by atoms with van der Waals surface area (Å²) in [6, 6.07) is 4.02. The van der Waals surface area contributed by atoms with Crippen molar-refractivity contribution in [3.63, 3.8) is 0 Å². The number of carbonyl (C=O) groups is 1. The Bertz CT molecular complexity index is 358. The molecule has 2 rings (SSSR count). The Morgan fingerprint density at radius 1 is 1.53 bits per heavy atom. The molecule has 1 aliphatic heterocycles. The van der Waals surface area contributed by atoms with E-state index in [0.717, 1.165) is 22.8 Å². The molecule has 1 amide bonds. The second kappa shape index (κ2) is 5.75. The molecular weight excluding hydrogens is 208 g/mol. The van der Waals surface area contributed by atoms with E-state index in [9.17, 15) is 4.79 Å². The lowest BCUT2D eigenvalue weighted by atomic mass is 10.3. The largest absolute Gasteiger partial charge is 0.309 e. The number of aryl methyl sites for hydroxylation is 1. The second-order valence-corrected chi connectivity index (χ2v) is 3.86. The van der Waals surface area contributed by atoms with Crippen LogP contribution in [-0.4, -0.2) is 16.6 Å². The van der Waals surface area contributed by atoms with Gasteiger partial charge in [-0.15, -0.1) is 11.8 Å². The first-order valence-electron chi connectivity index (χ1n) is 5.22. The maximum absolute atomic E-state index is 11.1. The van der Waals surface area contributed by atoms with E-state index in [1.54, 1.807) is 11.8 Å². The smallest absolute Gasteiger partial charge is 0.235 e. The molecule has 0 radical (unpaired) electrons. The van der Waals surface area contributed by atoms with Crippen LogP contribution in [0.3, 0.4) is 0 Å². The summed E-state index contributed by atoms with van der Waals surface area (Å²) >= 11 is 1.54. The van der Waals surface area contributed by atoms with Gasteiger partial charge in [0.1, 0.15) is 5.82 Å². The Hall–Kier alpha value is -1.03. The zero-order valence-corrected chi connectivity index (χ0v) is 10.1. The second-order valence-electron chi connectivity index (χ2n) is 2.84. The zero-order chi connectivity index (χ0) is 11.3. The van der Waals surface area contributed by atoms with Crippen molar-refractivity contribution in [1.29, 1.82) is 0 Å². The van der Waals surface area contributed by atoms with E-state index in [1.807, 2.05) is 32.9 Å². The van der Waals surface area contributed by atoms with Crippen LogP contribution in [0.1, 0.15) is 27.9 Å². The van der Waals surface area contributed by atoms with Gasteiger partial charge in [-0.3, -0.25) is 4.79 Å². The molecule has 2 heterocycles. The highest BCUT2D eigenvalue weighted by Crippen LogP contribution is 2.29. The summed E-state index contributed by atoms with van der Waals surface area (Å²) in [5, 5.41) is 2.76. The molecule has 0 spiro atoms. The number of nitrogens with zero attached hydrogens (tertiary/aromatic N) is 1. The lowest BCUT2D eigenvalue weighted by Gasteiger charge is -2.15. The highest BCUT2D eigenvalue weighted by atomic mass is 32.2. The number of aromatic nitrogens is 1. The zero-order valence-electron chi connectivity index (χ0n) is 9.33. The number of hydrogen-bond donors (Lipinski definition) is 1. The molecule has 1 aromatic rings. The number of pyridine rings is 1. The quantitative estimate of drug-likeness (QED) is 0.800. The van der Waals surface area contributed by atoms with Crippen molar-refractivity contribution < 1.29 is 6.22 Å². The van der Waals surface area contributed by atoms with E-state index in [4.69, 9.17) is 0 Å². The number of carbonyl (C=O) groups excluding carboxylic acids is 1. The van der Waals surface area contributed by atoms with Gasteiger partial charge in [0.2, 0.25) is 5.91 Å². The fraction of sp³-hybridized carbons (Fsp3) is 0.455. The van der Waals surface area contributed by atoms with Crippen molar-refractivity contribution in [1.82, 2.24) is 4.98 Å². The van der Waals surface area contributed by atoms with Crippen molar-refractivity contribution in [3.05, 3.63) is 17.8 Å². The summed E-state index contributed by atoms with van der Waals surface area (Å²) in [5.41, 5.74) is 1.02. The van der Waals surface area contributed by atoms with Gasteiger partial charge in [-0.25, -0.2) is 4.98 Å². The van der Waals surface area contributed by atoms with Gasteiger partial charge in [-0.05, 0) is 18.6 Å². The molecule has 0 saturated heterocycles. The van der Waals surface area contributed by atoms with E-state index in [-0.39, 0.29) is 7.33 Å². The minimum absolute atomic E-state index is 0. The average molecular weight is 226 g/mol. The van der Waals surface area contributed by atoms with Gasteiger partial charge in [-0.1, -0.05) is 20.8 Å². The lowest BCUT2D eigenvalue weighted by molar-refractivity contribution is -0.113. The highest BCUT2D eigenvalue weighted by molar-refractivity contribution is 8.00. The minimum atomic E-state index is 0. The van der Waals surface area contributed by atoms with E-state index >= 15 is 0 Å². The van der Waals surface area contributed by atoms with Crippen LogP contribution < -0.4 is 5.32 Å². The number of hydrogen-bond acceptors (Lipinski definition) is 3. The van der Waals surface area contributed by atoms with Gasteiger partial charge < -0.3 is 5.32 Å². The molecule has 84 valence electrons. The number of amides is 1. The first kappa shape index (κ1) is 12.0. The predicted molar refractivity (Wildman–Crippen MR) is 66.4 cm³/mol. The molecule has 0 aliphatic carbocycles. The third-order valence-corrected chi connectivity index (χ3v) is 2.94. The van der Waals surface area contributed by atoms with Gasteiger partial charge in [0.05, 0.1) is 10.6 Å². The summed E-state index contributed by atoms with van der Waals surface area (Å²) < 4.78 is 0. The molecule has 1 aromatic heterocycles. The van der Waals surface area contributed by atoms with Crippen molar-refractivity contribution in [2.24, 2.45) is 0 Å². The van der Waals surface area contributed by atoms with Gasteiger partial charge in [-0.2, -0.15) is 0 Å². The molecule has 0 atom stereocenters. The first-order valence-corrected chi connectivity index (χ1v) is 6.20. The SMILES string of the molecule is CC.CCc1ccc2c(n1)NC(=O)CS2.[HH]. The predicted octanol–water partition coefficient (Wildman–Crippen LogP) is 2.96. The fourth-order valence-electron chi connectivity index (χ4n) is 1.20. The summed E-state index contributed by atoms with van der Waals surface area (Å²) in [4.78, 5) is 16.4. The van der Waals surface area contributed by atoms with Crippen molar-refractivity contribution in [2.45, 2.75) is 32.1 Å². The lowest BCUT2D eigenvalue weighted by Crippen LogP contribution is -2.20. The Labute approximate surface area is 96.2 Å². The number of rotatable bonds is 1. The molecule has 4 heteroatoms. The van der Waals surface area contributed by atoms with Gasteiger partial charge in [0.15, 0.2) is 0 Å². The van der Waals surface area contributed by atoms with E-state index in [1.165, 1.54) is 0 Å². The monoisotopic (exact) mass is 226 g/mol. The summed E-state index contributed by atoms with van der Waals surface area (Å²) in [7, 11) is 0. The molecule has 0 unspecified atom stereocenters. The van der Waals surface area contributed by atoms with Crippen LogP contribution in [0.2, 0.25) is 0 Å². The van der Waals surface area contributed by atoms with Crippen LogP contribution in [0.25, 0.3) is 0 Å². The van der Waals surface area contributed by atoms with Crippen LogP contribution in [-0.2, 0) is 11.2 Å². The van der Waals surface area contributed by atoms with Gasteiger partial charge >= 0.3 is 0 Å². The fourth-order valence-corrected chi connectivity index (χ4v) is 1.96. The topological polar surface area (TPSA) is 42.0 Å². The van der Waals surface area contributed by atoms with Gasteiger partial charge in [0.25, 0.3) is 0 Å². The van der Waals surface area contributed by atoms with Crippen LogP contribution in [0.15, 0.2) is 17.0 Å². The molecule has 0 bridgehead atoms. The third kappa shape index (κ3) is 2.96. The summed E-state index contributed by atoms with van der Waals surface area (Å²) in [5.74, 6) is 1.26. The van der Waals surface area contributed by atoms with Crippen molar-refractivity contribution >= 4 is 23.5 Å². The van der Waals surface area contributed by atoms with Crippen molar-refractivity contribution in [3.8, 4) is 0 Å². The molecule has 3 nitrogen and oxygen atoms in total. The average Bonchev–Trinajstić information content (AvgIpc) is 2.30. The third-order valence-electron chi connectivity index (χ3n) is 1.89. The maximum Gasteiger partial charge on any atom is 0.235 e. The van der Waals surface area contributed by atoms with E-state index in [0.29, 0.717) is 5.75 Å². The number of anilines is 1. The molecule has 1 N–H and O–H groups in total. The van der Waals surface area contributed by atoms with Gasteiger partial charge in [0, 0.05) is 7.12 Å². The molecule has 15 heavy (non-hydrogen) atoms. The Morgan fingerprint density at radius 2 is 2.27 bits per heavy atom. The number of nitrogens with one attached hydrogen (secondary N) is 1. The van der Waals surface area contributed by atoms with Crippen molar-refractivity contribution in [2.75, 3.05) is 11.1 Å². The van der Waals surface area contributed by atoms with Crippen LogP contribution in [0.5, 0.6) is 0 Å². The molecule has 0 fully saturated rings. The highest BCUT2D eigenvalue weighted by Gasteiger charge is 2.16. The molecular formula is C11H18N2OS. The Balaban J connectivity index is 0.000000711. The van der Waals surface area contributed by atoms with E-state index < -0.39 is 0 Å². The molecule has 1 aliphatic rings.